The van der Waals surface area contributed by atoms with E-state index in [4.69, 9.17) is 21.9 Å². The molecular formula is C28H33ClN4O3. The minimum atomic E-state index is -0.342. The van der Waals surface area contributed by atoms with Gasteiger partial charge in [-0.25, -0.2) is 0 Å². The molecule has 7 nitrogen and oxygen atoms in total. The molecule has 8 heteroatoms. The zero-order valence-corrected chi connectivity index (χ0v) is 21.5. The van der Waals surface area contributed by atoms with Gasteiger partial charge in [0.15, 0.2) is 0 Å². The maximum atomic E-state index is 13.1. The number of aryl methyl sites for hydroxylation is 1. The summed E-state index contributed by atoms with van der Waals surface area (Å²) in [6.07, 6.45) is 4.60. The first-order valence-electron chi connectivity index (χ1n) is 12.5. The normalized spacial score (nSPS) is 18.4. The van der Waals surface area contributed by atoms with E-state index in [1.54, 1.807) is 31.2 Å². The van der Waals surface area contributed by atoms with Gasteiger partial charge in [-0.2, -0.15) is 0 Å². The van der Waals surface area contributed by atoms with Crippen LogP contribution < -0.4 is 16.4 Å². The van der Waals surface area contributed by atoms with Crippen molar-refractivity contribution in [3.8, 4) is 11.3 Å². The van der Waals surface area contributed by atoms with Crippen molar-refractivity contribution in [2.75, 3.05) is 18.4 Å². The van der Waals surface area contributed by atoms with E-state index in [0.29, 0.717) is 51.7 Å². The molecule has 1 aliphatic carbocycles. The van der Waals surface area contributed by atoms with Gasteiger partial charge in [-0.3, -0.25) is 9.59 Å². The molecule has 0 spiro atoms. The summed E-state index contributed by atoms with van der Waals surface area (Å²) in [5.41, 5.74) is 8.68. The molecule has 2 aromatic carbocycles. The number of hydrogen-bond donors (Lipinski definition) is 3. The third-order valence-electron chi connectivity index (χ3n) is 7.07. The third-order valence-corrected chi connectivity index (χ3v) is 7.40. The molecule has 0 aliphatic heterocycles. The Kier molecular flexibility index (Phi) is 8.44. The van der Waals surface area contributed by atoms with E-state index in [9.17, 15) is 9.59 Å². The Morgan fingerprint density at radius 2 is 1.86 bits per heavy atom. The van der Waals surface area contributed by atoms with Crippen LogP contribution in [-0.2, 0) is 4.79 Å². The predicted molar refractivity (Wildman–Crippen MR) is 142 cm³/mol. The molecule has 1 aromatic heterocycles. The van der Waals surface area contributed by atoms with Crippen molar-refractivity contribution < 1.29 is 14.1 Å². The van der Waals surface area contributed by atoms with Crippen LogP contribution in [0.3, 0.4) is 0 Å². The van der Waals surface area contributed by atoms with E-state index in [1.165, 1.54) is 12.8 Å². The predicted octanol–water partition coefficient (Wildman–Crippen LogP) is 5.54. The summed E-state index contributed by atoms with van der Waals surface area (Å²) in [6, 6.07) is 14.5. The first-order chi connectivity index (χ1) is 17.4. The SMILES string of the molecule is Cc1onc(-c2ccccc2Cl)c1C(=O)Nc1ccc(C(C)C(=O)NCC2CCCC(CN)C2)cc1. The number of carbonyl (C=O) groups is 2. The van der Waals surface area contributed by atoms with Crippen LogP contribution in [0.15, 0.2) is 53.1 Å². The van der Waals surface area contributed by atoms with Gasteiger partial charge in [-0.15, -0.1) is 0 Å². The summed E-state index contributed by atoms with van der Waals surface area (Å²) in [4.78, 5) is 25.8. The van der Waals surface area contributed by atoms with Gasteiger partial charge >= 0.3 is 0 Å². The summed E-state index contributed by atoms with van der Waals surface area (Å²) in [5.74, 6) is 0.841. The summed E-state index contributed by atoms with van der Waals surface area (Å²) in [7, 11) is 0. The molecule has 4 rings (SSSR count). The first-order valence-corrected chi connectivity index (χ1v) is 12.9. The van der Waals surface area contributed by atoms with Crippen LogP contribution in [0.4, 0.5) is 5.69 Å². The third kappa shape index (κ3) is 5.97. The molecular weight excluding hydrogens is 476 g/mol. The number of halogens is 1. The number of hydrogen-bond acceptors (Lipinski definition) is 5. The summed E-state index contributed by atoms with van der Waals surface area (Å²) < 4.78 is 5.30. The molecule has 36 heavy (non-hydrogen) atoms. The molecule has 3 atom stereocenters. The van der Waals surface area contributed by atoms with Gasteiger partial charge < -0.3 is 20.9 Å². The number of aromatic nitrogens is 1. The second-order valence-corrected chi connectivity index (χ2v) is 10.0. The van der Waals surface area contributed by atoms with Gasteiger partial charge in [0.05, 0.1) is 10.9 Å². The van der Waals surface area contributed by atoms with Crippen molar-refractivity contribution in [1.29, 1.82) is 0 Å². The molecule has 3 unspecified atom stereocenters. The lowest BCUT2D eigenvalue weighted by Gasteiger charge is -2.28. The van der Waals surface area contributed by atoms with Crippen LogP contribution >= 0.6 is 11.6 Å². The zero-order chi connectivity index (χ0) is 25.7. The van der Waals surface area contributed by atoms with Crippen molar-refractivity contribution in [1.82, 2.24) is 10.5 Å². The minimum Gasteiger partial charge on any atom is -0.360 e. The van der Waals surface area contributed by atoms with Crippen LogP contribution in [-0.4, -0.2) is 30.1 Å². The highest BCUT2D eigenvalue weighted by molar-refractivity contribution is 6.33. The zero-order valence-electron chi connectivity index (χ0n) is 20.7. The average molecular weight is 509 g/mol. The molecule has 1 heterocycles. The molecule has 0 saturated heterocycles. The topological polar surface area (TPSA) is 110 Å². The van der Waals surface area contributed by atoms with E-state index in [0.717, 1.165) is 24.9 Å². The number of benzene rings is 2. The van der Waals surface area contributed by atoms with E-state index < -0.39 is 0 Å². The van der Waals surface area contributed by atoms with Gasteiger partial charge in [-0.05, 0) is 75.3 Å². The maximum absolute atomic E-state index is 13.1. The Morgan fingerprint density at radius 3 is 2.58 bits per heavy atom. The molecule has 0 bridgehead atoms. The van der Waals surface area contributed by atoms with Gasteiger partial charge in [-0.1, -0.05) is 53.5 Å². The number of nitrogens with one attached hydrogen (secondary N) is 2. The Morgan fingerprint density at radius 1 is 1.14 bits per heavy atom. The highest BCUT2D eigenvalue weighted by atomic mass is 35.5. The molecule has 4 N–H and O–H groups in total. The van der Waals surface area contributed by atoms with Crippen LogP contribution in [0.2, 0.25) is 5.02 Å². The van der Waals surface area contributed by atoms with E-state index >= 15 is 0 Å². The smallest absolute Gasteiger partial charge is 0.261 e. The van der Waals surface area contributed by atoms with Crippen molar-refractivity contribution >= 4 is 29.1 Å². The number of amides is 2. The van der Waals surface area contributed by atoms with Gasteiger partial charge in [0.2, 0.25) is 5.91 Å². The Labute approximate surface area is 216 Å². The fourth-order valence-corrected chi connectivity index (χ4v) is 5.10. The van der Waals surface area contributed by atoms with E-state index in [2.05, 4.69) is 15.8 Å². The fraction of sp³-hybridized carbons (Fsp3) is 0.393. The molecule has 3 aromatic rings. The summed E-state index contributed by atoms with van der Waals surface area (Å²) in [6.45, 7) is 5.00. The van der Waals surface area contributed by atoms with Crippen molar-refractivity contribution in [3.63, 3.8) is 0 Å². The standard InChI is InChI=1S/C28H33ClN4O3/c1-17(27(34)31-16-20-7-5-6-19(14-20)15-30)21-10-12-22(13-11-21)32-28(35)25-18(2)36-33-26(25)23-8-3-4-9-24(23)29/h3-4,8-13,17,19-20H,5-7,14-16,30H2,1-2H3,(H,31,34)(H,32,35). The Hall–Kier alpha value is -3.16. The molecule has 1 fully saturated rings. The van der Waals surface area contributed by atoms with Crippen LogP contribution in [0.1, 0.15) is 60.2 Å². The van der Waals surface area contributed by atoms with E-state index in [1.807, 2.05) is 31.2 Å². The lowest BCUT2D eigenvalue weighted by atomic mass is 9.81. The number of carbonyl (C=O) groups excluding carboxylic acids is 2. The minimum absolute atomic E-state index is 0.00568. The first kappa shape index (κ1) is 25.9. The Balaban J connectivity index is 1.37. The molecule has 190 valence electrons. The van der Waals surface area contributed by atoms with E-state index in [-0.39, 0.29) is 17.7 Å². The van der Waals surface area contributed by atoms with Crippen molar-refractivity contribution in [2.24, 2.45) is 17.6 Å². The molecule has 2 amide bonds. The largest absolute Gasteiger partial charge is 0.360 e. The highest BCUT2D eigenvalue weighted by Gasteiger charge is 2.24. The van der Waals surface area contributed by atoms with Crippen LogP contribution in [0.5, 0.6) is 0 Å². The lowest BCUT2D eigenvalue weighted by molar-refractivity contribution is -0.122. The van der Waals surface area contributed by atoms with Crippen molar-refractivity contribution in [3.05, 3.63) is 70.4 Å². The van der Waals surface area contributed by atoms with Crippen molar-refractivity contribution in [2.45, 2.75) is 45.4 Å². The Bertz CT molecular complexity index is 1210. The van der Waals surface area contributed by atoms with Gasteiger partial charge in [0, 0.05) is 17.8 Å². The monoisotopic (exact) mass is 508 g/mol. The average Bonchev–Trinajstić information content (AvgIpc) is 3.28. The second kappa shape index (κ2) is 11.7. The highest BCUT2D eigenvalue weighted by Crippen LogP contribution is 2.32. The van der Waals surface area contributed by atoms with Crippen LogP contribution in [0.25, 0.3) is 11.3 Å². The maximum Gasteiger partial charge on any atom is 0.261 e. The molecule has 1 saturated carbocycles. The quantitative estimate of drug-likeness (QED) is 0.370. The number of anilines is 1. The number of rotatable bonds is 8. The van der Waals surface area contributed by atoms with Gasteiger partial charge in [0.25, 0.3) is 5.91 Å². The lowest BCUT2D eigenvalue weighted by Crippen LogP contribution is -2.35. The fourth-order valence-electron chi connectivity index (χ4n) is 4.88. The molecule has 1 aliphatic rings. The summed E-state index contributed by atoms with van der Waals surface area (Å²) >= 11 is 6.31. The van der Waals surface area contributed by atoms with Gasteiger partial charge in [0.1, 0.15) is 17.0 Å². The molecule has 0 radical (unpaired) electrons. The van der Waals surface area contributed by atoms with Crippen LogP contribution in [0, 0.1) is 18.8 Å². The number of nitrogens with zero attached hydrogens (tertiary/aromatic N) is 1. The second-order valence-electron chi connectivity index (χ2n) is 9.62. The summed E-state index contributed by atoms with van der Waals surface area (Å²) in [5, 5.41) is 10.6. The number of nitrogens with two attached hydrogens (primary N) is 1.